The fourth-order valence-electron chi connectivity index (χ4n) is 1.34. The molecule has 1 aliphatic rings. The van der Waals surface area contributed by atoms with Gasteiger partial charge in [0.1, 0.15) is 0 Å². The fraction of sp³-hybridized carbons (Fsp3) is 1.00. The minimum Gasteiger partial charge on any atom is -0.396 e. The van der Waals surface area contributed by atoms with Crippen LogP contribution in [0.4, 0.5) is 0 Å². The first-order chi connectivity index (χ1) is 4.24. The molecule has 2 N–H and O–H groups in total. The molecule has 2 nitrogen and oxygen atoms in total. The molecule has 3 atom stereocenters. The Labute approximate surface area is 56.3 Å². The molecule has 3 heteroatoms. The summed E-state index contributed by atoms with van der Waals surface area (Å²) in [6, 6.07) is 0. The van der Waals surface area contributed by atoms with E-state index in [1.54, 1.807) is 0 Å². The zero-order valence-corrected chi connectivity index (χ0v) is 5.33. The van der Waals surface area contributed by atoms with Crippen LogP contribution in [0.2, 0.25) is 5.82 Å². The summed E-state index contributed by atoms with van der Waals surface area (Å²) in [6.45, 7) is 0.0644. The molecule has 9 heavy (non-hydrogen) atoms. The average Bonchev–Trinajstić information content (AvgIpc) is 2.10. The third kappa shape index (κ3) is 1.46. The van der Waals surface area contributed by atoms with E-state index in [0.29, 0.717) is 6.42 Å². The van der Waals surface area contributed by atoms with E-state index in [2.05, 4.69) is 0 Å². The zero-order chi connectivity index (χ0) is 6.85. The lowest BCUT2D eigenvalue weighted by Crippen LogP contribution is -2.16. The Morgan fingerprint density at radius 2 is 2.11 bits per heavy atom. The number of aliphatic hydroxyl groups excluding tert-OH is 2. The molecule has 1 saturated carbocycles. The van der Waals surface area contributed by atoms with Gasteiger partial charge in [-0.1, -0.05) is 12.2 Å². The van der Waals surface area contributed by atoms with Crippen LogP contribution in [-0.2, 0) is 0 Å². The Hall–Kier alpha value is -0.0151. The van der Waals surface area contributed by atoms with Gasteiger partial charge in [0.15, 0.2) is 0 Å². The lowest BCUT2D eigenvalue weighted by atomic mass is 9.85. The number of hydrogen-bond acceptors (Lipinski definition) is 2. The van der Waals surface area contributed by atoms with E-state index in [1.807, 2.05) is 0 Å². The Morgan fingerprint density at radius 1 is 1.44 bits per heavy atom. The molecule has 0 bridgehead atoms. The Balaban J connectivity index is 2.38. The Bertz CT molecular complexity index is 97.1. The maximum absolute atomic E-state index is 9.12. The van der Waals surface area contributed by atoms with Crippen LogP contribution < -0.4 is 0 Å². The van der Waals surface area contributed by atoms with E-state index < -0.39 is 0 Å². The summed E-state index contributed by atoms with van der Waals surface area (Å²) in [5, 5.41) is 17.8. The minimum absolute atomic E-state index is 0.0278. The Kier molecular flexibility index (Phi) is 2.14. The molecule has 2 radical (unpaired) electrons. The van der Waals surface area contributed by atoms with Crippen molar-refractivity contribution < 1.29 is 10.2 Å². The number of rotatable bonds is 1. The van der Waals surface area contributed by atoms with E-state index in [9.17, 15) is 0 Å². The standard InChI is InChI=1S/C6H11BO2/c7-5-1-4(3-8)6(9)2-5/h4-6,8-9H,1-3H2/t4-,5-,6-/m0/s1. The van der Waals surface area contributed by atoms with Crippen molar-refractivity contribution >= 4 is 7.85 Å². The second-order valence-electron chi connectivity index (χ2n) is 2.74. The van der Waals surface area contributed by atoms with Crippen molar-refractivity contribution in [2.75, 3.05) is 6.61 Å². The van der Waals surface area contributed by atoms with Gasteiger partial charge in [0.25, 0.3) is 0 Å². The van der Waals surface area contributed by atoms with Gasteiger partial charge in [0, 0.05) is 12.5 Å². The van der Waals surface area contributed by atoms with Crippen LogP contribution >= 0.6 is 0 Å². The van der Waals surface area contributed by atoms with Gasteiger partial charge in [-0.15, -0.1) is 0 Å². The SMILES string of the molecule is [B][C@H]1C[C@@H](CO)[C@@H](O)C1. The highest BCUT2D eigenvalue weighted by atomic mass is 16.3. The quantitative estimate of drug-likeness (QED) is 0.474. The van der Waals surface area contributed by atoms with Crippen molar-refractivity contribution in [1.29, 1.82) is 0 Å². The molecule has 0 aromatic carbocycles. The smallest absolute Gasteiger partial charge is 0.0700 e. The molecule has 1 rings (SSSR count). The first kappa shape index (κ1) is 7.10. The summed E-state index contributed by atoms with van der Waals surface area (Å²) in [4.78, 5) is 0. The maximum Gasteiger partial charge on any atom is 0.0700 e. The molecule has 0 heterocycles. The highest BCUT2D eigenvalue weighted by Gasteiger charge is 2.28. The molecule has 0 amide bonds. The molecule has 0 aliphatic heterocycles. The van der Waals surface area contributed by atoms with Gasteiger partial charge in [-0.25, -0.2) is 0 Å². The summed E-state index contributed by atoms with van der Waals surface area (Å²) < 4.78 is 0. The van der Waals surface area contributed by atoms with Crippen molar-refractivity contribution in [1.82, 2.24) is 0 Å². The second kappa shape index (κ2) is 2.71. The summed E-state index contributed by atoms with van der Waals surface area (Å²) >= 11 is 0. The van der Waals surface area contributed by atoms with Crippen LogP contribution in [0.15, 0.2) is 0 Å². The maximum atomic E-state index is 9.12. The van der Waals surface area contributed by atoms with Gasteiger partial charge in [-0.05, 0) is 6.42 Å². The van der Waals surface area contributed by atoms with Gasteiger partial charge in [-0.2, -0.15) is 0 Å². The predicted octanol–water partition coefficient (Wildman–Crippen LogP) is -0.293. The fourth-order valence-corrected chi connectivity index (χ4v) is 1.34. The molecular formula is C6H11BO2. The van der Waals surface area contributed by atoms with Crippen molar-refractivity contribution in [2.45, 2.75) is 24.8 Å². The molecule has 0 aromatic heterocycles. The summed E-state index contributed by atoms with van der Waals surface area (Å²) in [7, 11) is 5.52. The van der Waals surface area contributed by atoms with Gasteiger partial charge >= 0.3 is 0 Å². The first-order valence-electron chi connectivity index (χ1n) is 3.28. The molecular weight excluding hydrogens is 115 g/mol. The van der Waals surface area contributed by atoms with Crippen molar-refractivity contribution in [2.24, 2.45) is 5.92 Å². The topological polar surface area (TPSA) is 40.5 Å². The lowest BCUT2D eigenvalue weighted by molar-refractivity contribution is 0.0909. The molecule has 1 aliphatic carbocycles. The molecule has 1 fully saturated rings. The number of hydrogen-bond donors (Lipinski definition) is 2. The van der Waals surface area contributed by atoms with Crippen molar-refractivity contribution in [3.63, 3.8) is 0 Å². The largest absolute Gasteiger partial charge is 0.396 e. The van der Waals surface area contributed by atoms with Crippen LogP contribution in [0.5, 0.6) is 0 Å². The summed E-state index contributed by atoms with van der Waals surface area (Å²) in [6.07, 6.45) is 1.04. The molecule has 0 aromatic rings. The van der Waals surface area contributed by atoms with Crippen LogP contribution in [0.1, 0.15) is 12.8 Å². The summed E-state index contributed by atoms with van der Waals surface area (Å²) in [5.74, 6) is 0.122. The zero-order valence-electron chi connectivity index (χ0n) is 5.33. The van der Waals surface area contributed by atoms with Crippen molar-refractivity contribution in [3.05, 3.63) is 0 Å². The highest BCUT2D eigenvalue weighted by Crippen LogP contribution is 2.32. The van der Waals surface area contributed by atoms with E-state index in [-0.39, 0.29) is 24.4 Å². The summed E-state index contributed by atoms with van der Waals surface area (Å²) in [5.41, 5.74) is 0. The first-order valence-corrected chi connectivity index (χ1v) is 3.28. The predicted molar refractivity (Wildman–Crippen MR) is 35.3 cm³/mol. The van der Waals surface area contributed by atoms with Crippen molar-refractivity contribution in [3.8, 4) is 0 Å². The highest BCUT2D eigenvalue weighted by molar-refractivity contribution is 6.11. The third-order valence-corrected chi connectivity index (χ3v) is 1.93. The van der Waals surface area contributed by atoms with Crippen LogP contribution in [-0.4, -0.2) is 30.8 Å². The molecule has 0 saturated heterocycles. The molecule has 0 spiro atoms. The van der Waals surface area contributed by atoms with Gasteiger partial charge in [0.2, 0.25) is 0 Å². The molecule has 0 unspecified atom stereocenters. The Morgan fingerprint density at radius 3 is 2.33 bits per heavy atom. The van der Waals surface area contributed by atoms with Crippen LogP contribution in [0, 0.1) is 5.92 Å². The van der Waals surface area contributed by atoms with E-state index in [0.717, 1.165) is 6.42 Å². The normalized spacial score (nSPS) is 43.6. The molecule has 50 valence electrons. The van der Waals surface area contributed by atoms with E-state index in [1.165, 1.54) is 0 Å². The van der Waals surface area contributed by atoms with Gasteiger partial charge < -0.3 is 10.2 Å². The van der Waals surface area contributed by atoms with E-state index >= 15 is 0 Å². The monoisotopic (exact) mass is 126 g/mol. The van der Waals surface area contributed by atoms with Gasteiger partial charge in [0.05, 0.1) is 14.0 Å². The number of aliphatic hydroxyl groups is 2. The van der Waals surface area contributed by atoms with Gasteiger partial charge in [-0.3, -0.25) is 0 Å². The average molecular weight is 126 g/mol. The third-order valence-electron chi connectivity index (χ3n) is 1.93. The van der Waals surface area contributed by atoms with Crippen LogP contribution in [0.25, 0.3) is 0 Å². The lowest BCUT2D eigenvalue weighted by Gasteiger charge is -2.08. The van der Waals surface area contributed by atoms with Crippen LogP contribution in [0.3, 0.4) is 0 Å². The van der Waals surface area contributed by atoms with E-state index in [4.69, 9.17) is 18.1 Å². The second-order valence-corrected chi connectivity index (χ2v) is 2.74. The minimum atomic E-state index is -0.370.